The summed E-state index contributed by atoms with van der Waals surface area (Å²) >= 11 is 5.62. The fraction of sp³-hybridized carbons (Fsp3) is 0. The summed E-state index contributed by atoms with van der Waals surface area (Å²) in [5, 5.41) is 17.7. The third-order valence-electron chi connectivity index (χ3n) is 2.61. The first kappa shape index (κ1) is 13.2. The zero-order chi connectivity index (χ0) is 14.7. The lowest BCUT2D eigenvalue weighted by atomic mass is 10.2. The molecular formula is C13H8ClN5O2. The van der Waals surface area contributed by atoms with Crippen LogP contribution in [-0.2, 0) is 0 Å². The maximum Gasteiger partial charge on any atom is 0.276 e. The predicted molar refractivity (Wildman–Crippen MR) is 74.7 cm³/mol. The van der Waals surface area contributed by atoms with Crippen LogP contribution >= 0.6 is 11.6 Å². The van der Waals surface area contributed by atoms with Gasteiger partial charge >= 0.3 is 0 Å². The number of nitrogens with zero attached hydrogens (tertiary/aromatic N) is 4. The van der Waals surface area contributed by atoms with Gasteiger partial charge in [0, 0.05) is 11.3 Å². The highest BCUT2D eigenvalue weighted by atomic mass is 35.5. The molecule has 7 nitrogen and oxygen atoms in total. The van der Waals surface area contributed by atoms with Crippen molar-refractivity contribution < 1.29 is 9.21 Å². The summed E-state index contributed by atoms with van der Waals surface area (Å²) in [4.78, 5) is 11.9. The molecule has 104 valence electrons. The molecule has 0 aliphatic carbocycles. The molecule has 0 unspecified atom stereocenters. The minimum Gasteiger partial charge on any atom is -0.423 e. The van der Waals surface area contributed by atoms with E-state index in [2.05, 4.69) is 25.7 Å². The van der Waals surface area contributed by atoms with Gasteiger partial charge < -0.3 is 9.73 Å². The highest BCUT2D eigenvalue weighted by Gasteiger charge is 2.09. The first-order valence-electron chi connectivity index (χ1n) is 5.89. The van der Waals surface area contributed by atoms with E-state index in [1.165, 1.54) is 18.5 Å². The van der Waals surface area contributed by atoms with E-state index in [0.29, 0.717) is 11.6 Å². The zero-order valence-corrected chi connectivity index (χ0v) is 11.3. The number of rotatable bonds is 3. The minimum atomic E-state index is -0.371. The van der Waals surface area contributed by atoms with E-state index in [4.69, 9.17) is 16.0 Å². The van der Waals surface area contributed by atoms with Crippen molar-refractivity contribution >= 4 is 23.2 Å². The summed E-state index contributed by atoms with van der Waals surface area (Å²) in [7, 11) is 0. The summed E-state index contributed by atoms with van der Waals surface area (Å²) < 4.78 is 5.08. The van der Waals surface area contributed by atoms with Crippen LogP contribution in [-0.4, -0.2) is 26.3 Å². The molecular weight excluding hydrogens is 294 g/mol. The van der Waals surface area contributed by atoms with Crippen molar-refractivity contribution in [1.29, 1.82) is 0 Å². The Hall–Kier alpha value is -2.80. The summed E-state index contributed by atoms with van der Waals surface area (Å²) in [6.45, 7) is 0. The van der Waals surface area contributed by atoms with Crippen LogP contribution in [0.4, 0.5) is 5.69 Å². The van der Waals surface area contributed by atoms with E-state index < -0.39 is 0 Å². The highest BCUT2D eigenvalue weighted by Crippen LogP contribution is 2.19. The van der Waals surface area contributed by atoms with Crippen molar-refractivity contribution in [3.8, 4) is 11.5 Å². The van der Waals surface area contributed by atoms with Crippen LogP contribution in [0.15, 0.2) is 47.2 Å². The smallest absolute Gasteiger partial charge is 0.276 e. The number of carbonyl (C=O) groups is 1. The minimum absolute atomic E-state index is 0.181. The molecule has 0 radical (unpaired) electrons. The average Bonchev–Trinajstić information content (AvgIpc) is 3.03. The molecule has 0 saturated heterocycles. The lowest BCUT2D eigenvalue weighted by Gasteiger charge is -2.04. The van der Waals surface area contributed by atoms with Crippen molar-refractivity contribution in [1.82, 2.24) is 20.4 Å². The topological polar surface area (TPSA) is 93.8 Å². The third kappa shape index (κ3) is 3.03. The first-order chi connectivity index (χ1) is 10.2. The maximum atomic E-state index is 11.9. The van der Waals surface area contributed by atoms with E-state index in [1.807, 2.05) is 0 Å². The molecule has 0 saturated carbocycles. The number of hydrogen-bond acceptors (Lipinski definition) is 6. The van der Waals surface area contributed by atoms with Crippen LogP contribution in [0.25, 0.3) is 11.5 Å². The Labute approximate surface area is 124 Å². The number of anilines is 1. The zero-order valence-electron chi connectivity index (χ0n) is 10.5. The van der Waals surface area contributed by atoms with Gasteiger partial charge in [0.2, 0.25) is 12.3 Å². The Morgan fingerprint density at radius 3 is 2.48 bits per heavy atom. The first-order valence-corrected chi connectivity index (χ1v) is 6.27. The fourth-order valence-electron chi connectivity index (χ4n) is 1.63. The molecule has 0 spiro atoms. The lowest BCUT2D eigenvalue weighted by molar-refractivity contribution is 0.102. The van der Waals surface area contributed by atoms with Gasteiger partial charge in [-0.25, -0.2) is 0 Å². The van der Waals surface area contributed by atoms with Crippen molar-refractivity contribution in [3.05, 3.63) is 53.6 Å². The monoisotopic (exact) mass is 301 g/mol. The molecule has 0 atom stereocenters. The number of amides is 1. The van der Waals surface area contributed by atoms with Crippen molar-refractivity contribution in [2.75, 3.05) is 5.32 Å². The van der Waals surface area contributed by atoms with Crippen LogP contribution in [0.2, 0.25) is 5.15 Å². The van der Waals surface area contributed by atoms with Gasteiger partial charge in [-0.05, 0) is 36.4 Å². The molecule has 0 bridgehead atoms. The predicted octanol–water partition coefficient (Wildman–Crippen LogP) is 2.43. The van der Waals surface area contributed by atoms with Crippen LogP contribution < -0.4 is 5.32 Å². The van der Waals surface area contributed by atoms with E-state index in [9.17, 15) is 4.79 Å². The summed E-state index contributed by atoms with van der Waals surface area (Å²) in [6, 6.07) is 9.97. The molecule has 8 heteroatoms. The van der Waals surface area contributed by atoms with Gasteiger partial charge in [-0.15, -0.1) is 20.4 Å². The van der Waals surface area contributed by atoms with E-state index >= 15 is 0 Å². The molecule has 3 rings (SSSR count). The number of hydrogen-bond donors (Lipinski definition) is 1. The Bertz CT molecular complexity index is 741. The van der Waals surface area contributed by atoms with Gasteiger partial charge in [-0.2, -0.15) is 0 Å². The van der Waals surface area contributed by atoms with Crippen LogP contribution in [0, 0.1) is 0 Å². The van der Waals surface area contributed by atoms with Gasteiger partial charge in [0.15, 0.2) is 10.8 Å². The molecule has 0 aliphatic rings. The van der Waals surface area contributed by atoms with Crippen molar-refractivity contribution in [2.24, 2.45) is 0 Å². The standard InChI is InChI=1S/C13H8ClN5O2/c14-11-6-5-10(17-18-11)12(20)16-9-3-1-8(2-4-9)13-19-15-7-21-13/h1-7H,(H,16,20). The van der Waals surface area contributed by atoms with E-state index in [0.717, 1.165) is 5.56 Å². The van der Waals surface area contributed by atoms with Gasteiger partial charge in [0.1, 0.15) is 0 Å². The summed E-state index contributed by atoms with van der Waals surface area (Å²) in [6.07, 6.45) is 1.25. The SMILES string of the molecule is O=C(Nc1ccc(-c2nnco2)cc1)c1ccc(Cl)nn1. The molecule has 0 aliphatic heterocycles. The lowest BCUT2D eigenvalue weighted by Crippen LogP contribution is -2.14. The Morgan fingerprint density at radius 1 is 1.05 bits per heavy atom. The van der Waals surface area contributed by atoms with Crippen molar-refractivity contribution in [2.45, 2.75) is 0 Å². The quantitative estimate of drug-likeness (QED) is 0.798. The summed E-state index contributed by atoms with van der Waals surface area (Å²) in [5.74, 6) is 0.0427. The fourth-order valence-corrected chi connectivity index (χ4v) is 1.73. The molecule has 1 N–H and O–H groups in total. The van der Waals surface area contributed by atoms with E-state index in [1.54, 1.807) is 24.3 Å². The third-order valence-corrected chi connectivity index (χ3v) is 2.82. The maximum absolute atomic E-state index is 11.9. The molecule has 1 aromatic carbocycles. The Morgan fingerprint density at radius 2 is 1.86 bits per heavy atom. The number of aromatic nitrogens is 4. The molecule has 0 fully saturated rings. The second-order valence-electron chi connectivity index (χ2n) is 4.02. The molecule has 21 heavy (non-hydrogen) atoms. The number of nitrogens with one attached hydrogen (secondary N) is 1. The van der Waals surface area contributed by atoms with E-state index in [-0.39, 0.29) is 16.8 Å². The Kier molecular flexibility index (Phi) is 3.57. The van der Waals surface area contributed by atoms with Crippen LogP contribution in [0.3, 0.4) is 0 Å². The average molecular weight is 302 g/mol. The summed E-state index contributed by atoms with van der Waals surface area (Å²) in [5.41, 5.74) is 1.55. The Balaban J connectivity index is 1.73. The van der Waals surface area contributed by atoms with Gasteiger partial charge in [-0.3, -0.25) is 4.79 Å². The van der Waals surface area contributed by atoms with Crippen LogP contribution in [0.5, 0.6) is 0 Å². The van der Waals surface area contributed by atoms with Gasteiger partial charge in [-0.1, -0.05) is 11.6 Å². The number of carbonyl (C=O) groups excluding carboxylic acids is 1. The number of benzene rings is 1. The molecule has 2 aromatic heterocycles. The normalized spacial score (nSPS) is 10.3. The van der Waals surface area contributed by atoms with Crippen molar-refractivity contribution in [3.63, 3.8) is 0 Å². The second-order valence-corrected chi connectivity index (χ2v) is 4.40. The largest absolute Gasteiger partial charge is 0.423 e. The van der Waals surface area contributed by atoms with Crippen LogP contribution in [0.1, 0.15) is 10.5 Å². The highest BCUT2D eigenvalue weighted by molar-refractivity contribution is 6.29. The van der Waals surface area contributed by atoms with Gasteiger partial charge in [0.05, 0.1) is 0 Å². The second kappa shape index (κ2) is 5.68. The number of halogens is 1. The molecule has 3 aromatic rings. The molecule has 2 heterocycles. The van der Waals surface area contributed by atoms with Gasteiger partial charge in [0.25, 0.3) is 5.91 Å². The molecule has 1 amide bonds.